The Morgan fingerprint density at radius 2 is 1.86 bits per heavy atom. The Morgan fingerprint density at radius 3 is 2.50 bits per heavy atom. The summed E-state index contributed by atoms with van der Waals surface area (Å²) >= 11 is 0. The standard InChI is InChI=1S/C12H9N3O6S/c16-12(17)8-4-3-7-11(13-8)14-22(20,21)10-6-2-1-5-9(10)15(18)19/h1-7H,(H,13,14)(H,16,17). The number of carboxylic acid groups (broad SMARTS) is 1. The number of nitro benzene ring substituents is 1. The van der Waals surface area contributed by atoms with E-state index >= 15 is 0 Å². The second kappa shape index (κ2) is 5.77. The minimum absolute atomic E-state index is 0.252. The van der Waals surface area contributed by atoms with E-state index < -0.39 is 31.5 Å². The number of rotatable bonds is 5. The van der Waals surface area contributed by atoms with Crippen molar-refractivity contribution in [3.8, 4) is 0 Å². The Labute approximate surface area is 124 Å². The highest BCUT2D eigenvalue weighted by Gasteiger charge is 2.25. The molecule has 0 aliphatic carbocycles. The van der Waals surface area contributed by atoms with Gasteiger partial charge in [0.05, 0.1) is 4.92 Å². The lowest BCUT2D eigenvalue weighted by atomic mass is 10.3. The van der Waals surface area contributed by atoms with Crippen LogP contribution in [0.2, 0.25) is 0 Å². The van der Waals surface area contributed by atoms with Crippen LogP contribution in [0.1, 0.15) is 10.5 Å². The summed E-state index contributed by atoms with van der Waals surface area (Å²) in [6.07, 6.45) is 0. The first-order valence-corrected chi connectivity index (χ1v) is 7.26. The average molecular weight is 323 g/mol. The number of aromatic carboxylic acids is 1. The van der Waals surface area contributed by atoms with Crippen LogP contribution in [0.15, 0.2) is 47.4 Å². The van der Waals surface area contributed by atoms with Crippen molar-refractivity contribution in [3.05, 3.63) is 58.3 Å². The predicted octanol–water partition coefficient (Wildman–Crippen LogP) is 1.49. The van der Waals surface area contributed by atoms with E-state index in [0.717, 1.165) is 12.1 Å². The molecule has 2 N–H and O–H groups in total. The maximum Gasteiger partial charge on any atom is 0.354 e. The third kappa shape index (κ3) is 3.17. The number of pyridine rings is 1. The molecule has 0 unspecified atom stereocenters. The molecule has 1 heterocycles. The van der Waals surface area contributed by atoms with Crippen molar-refractivity contribution in [1.29, 1.82) is 0 Å². The lowest BCUT2D eigenvalue weighted by Gasteiger charge is -2.08. The molecule has 2 aromatic rings. The Balaban J connectivity index is 2.43. The Morgan fingerprint density at radius 1 is 1.18 bits per heavy atom. The molecule has 0 fully saturated rings. The highest BCUT2D eigenvalue weighted by atomic mass is 32.2. The summed E-state index contributed by atoms with van der Waals surface area (Å²) in [7, 11) is -4.28. The second-order valence-electron chi connectivity index (χ2n) is 4.04. The van der Waals surface area contributed by atoms with Gasteiger partial charge in [-0.25, -0.2) is 18.2 Å². The third-order valence-corrected chi connectivity index (χ3v) is 3.96. The lowest BCUT2D eigenvalue weighted by molar-refractivity contribution is -0.387. The van der Waals surface area contributed by atoms with Gasteiger partial charge < -0.3 is 5.11 Å². The van der Waals surface area contributed by atoms with Gasteiger partial charge >= 0.3 is 5.97 Å². The molecule has 0 radical (unpaired) electrons. The van der Waals surface area contributed by atoms with E-state index in [1.807, 2.05) is 4.72 Å². The topological polar surface area (TPSA) is 140 Å². The van der Waals surface area contributed by atoms with Crippen molar-refractivity contribution in [2.75, 3.05) is 4.72 Å². The van der Waals surface area contributed by atoms with E-state index in [4.69, 9.17) is 5.11 Å². The highest BCUT2D eigenvalue weighted by Crippen LogP contribution is 2.24. The van der Waals surface area contributed by atoms with E-state index in [1.54, 1.807) is 0 Å². The number of aromatic nitrogens is 1. The number of benzene rings is 1. The fraction of sp³-hybridized carbons (Fsp3) is 0. The molecule has 0 atom stereocenters. The maximum atomic E-state index is 12.2. The van der Waals surface area contributed by atoms with Crippen molar-refractivity contribution in [1.82, 2.24) is 4.98 Å². The number of hydrogen-bond donors (Lipinski definition) is 2. The number of nitrogens with zero attached hydrogens (tertiary/aromatic N) is 2. The summed E-state index contributed by atoms with van der Waals surface area (Å²) in [6.45, 7) is 0. The number of sulfonamides is 1. The monoisotopic (exact) mass is 323 g/mol. The van der Waals surface area contributed by atoms with E-state index in [0.29, 0.717) is 0 Å². The van der Waals surface area contributed by atoms with Crippen LogP contribution in [0, 0.1) is 10.1 Å². The van der Waals surface area contributed by atoms with E-state index in [1.165, 1.54) is 30.3 Å². The van der Waals surface area contributed by atoms with Gasteiger partial charge in [-0.15, -0.1) is 0 Å². The minimum Gasteiger partial charge on any atom is -0.477 e. The molecule has 22 heavy (non-hydrogen) atoms. The highest BCUT2D eigenvalue weighted by molar-refractivity contribution is 7.92. The van der Waals surface area contributed by atoms with Gasteiger partial charge in [-0.2, -0.15) is 0 Å². The number of nitro groups is 1. The van der Waals surface area contributed by atoms with Gasteiger partial charge in [0.1, 0.15) is 5.82 Å². The normalized spacial score (nSPS) is 10.9. The first kappa shape index (κ1) is 15.4. The van der Waals surface area contributed by atoms with Crippen LogP contribution < -0.4 is 4.72 Å². The van der Waals surface area contributed by atoms with Crippen LogP contribution in [0.25, 0.3) is 0 Å². The lowest BCUT2D eigenvalue weighted by Crippen LogP contribution is -2.16. The van der Waals surface area contributed by atoms with Crippen LogP contribution in [0.3, 0.4) is 0 Å². The van der Waals surface area contributed by atoms with Crippen molar-refractivity contribution >= 4 is 27.5 Å². The Kier molecular flexibility index (Phi) is 4.04. The largest absolute Gasteiger partial charge is 0.477 e. The summed E-state index contributed by atoms with van der Waals surface area (Å²) in [5, 5.41) is 19.7. The van der Waals surface area contributed by atoms with E-state index in [-0.39, 0.29) is 11.5 Å². The molecule has 1 aromatic carbocycles. The van der Waals surface area contributed by atoms with Gasteiger partial charge in [-0.1, -0.05) is 18.2 Å². The average Bonchev–Trinajstić information content (AvgIpc) is 2.47. The second-order valence-corrected chi connectivity index (χ2v) is 5.69. The molecule has 0 aliphatic heterocycles. The number of carboxylic acids is 1. The number of hydrogen-bond acceptors (Lipinski definition) is 6. The molecule has 0 saturated heterocycles. The quantitative estimate of drug-likeness (QED) is 0.627. The van der Waals surface area contributed by atoms with E-state index in [9.17, 15) is 23.3 Å². The zero-order valence-corrected chi connectivity index (χ0v) is 11.6. The number of nitrogens with one attached hydrogen (secondary N) is 1. The van der Waals surface area contributed by atoms with Crippen molar-refractivity contribution in [3.63, 3.8) is 0 Å². The Hall–Kier alpha value is -3.01. The fourth-order valence-electron chi connectivity index (χ4n) is 1.64. The van der Waals surface area contributed by atoms with Gasteiger partial charge in [0, 0.05) is 6.07 Å². The maximum absolute atomic E-state index is 12.2. The molecule has 2 rings (SSSR count). The van der Waals surface area contributed by atoms with Crippen molar-refractivity contribution in [2.24, 2.45) is 0 Å². The molecule has 10 heteroatoms. The first-order chi connectivity index (χ1) is 10.3. The minimum atomic E-state index is -4.28. The van der Waals surface area contributed by atoms with Crippen LogP contribution in [0.5, 0.6) is 0 Å². The van der Waals surface area contributed by atoms with Crippen LogP contribution >= 0.6 is 0 Å². The number of para-hydroxylation sites is 1. The first-order valence-electron chi connectivity index (χ1n) is 5.78. The zero-order valence-electron chi connectivity index (χ0n) is 10.8. The van der Waals surface area contributed by atoms with Gasteiger partial charge in [0.25, 0.3) is 15.7 Å². The van der Waals surface area contributed by atoms with Crippen LogP contribution in [-0.4, -0.2) is 29.4 Å². The molecule has 1 aromatic heterocycles. The van der Waals surface area contributed by atoms with Crippen molar-refractivity contribution in [2.45, 2.75) is 4.90 Å². The summed E-state index contributed by atoms with van der Waals surface area (Å²) < 4.78 is 26.4. The van der Waals surface area contributed by atoms with Crippen molar-refractivity contribution < 1.29 is 23.2 Å². The molecule has 114 valence electrons. The third-order valence-electron chi connectivity index (χ3n) is 2.56. The molecular formula is C12H9N3O6S. The number of anilines is 1. The molecule has 0 amide bonds. The molecule has 0 spiro atoms. The molecule has 9 nitrogen and oxygen atoms in total. The summed E-state index contributed by atoms with van der Waals surface area (Å²) in [5.41, 5.74) is -0.952. The molecular weight excluding hydrogens is 314 g/mol. The zero-order chi connectivity index (χ0) is 16.3. The van der Waals surface area contributed by atoms with Crippen LogP contribution in [-0.2, 0) is 10.0 Å². The van der Waals surface area contributed by atoms with Gasteiger partial charge in [0.15, 0.2) is 10.6 Å². The molecule has 0 saturated carbocycles. The van der Waals surface area contributed by atoms with Gasteiger partial charge in [-0.05, 0) is 18.2 Å². The molecule has 0 aliphatic rings. The summed E-state index contributed by atoms with van der Waals surface area (Å²) in [5.74, 6) is -1.58. The predicted molar refractivity (Wildman–Crippen MR) is 75.1 cm³/mol. The SMILES string of the molecule is O=C(O)c1cccc(NS(=O)(=O)c2ccccc2[N+](=O)[O-])n1. The summed E-state index contributed by atoms with van der Waals surface area (Å²) in [4.78, 5) is 23.9. The smallest absolute Gasteiger partial charge is 0.354 e. The van der Waals surface area contributed by atoms with Gasteiger partial charge in [0.2, 0.25) is 0 Å². The molecule has 0 bridgehead atoms. The van der Waals surface area contributed by atoms with Gasteiger partial charge in [-0.3, -0.25) is 14.8 Å². The summed E-state index contributed by atoms with van der Waals surface area (Å²) in [6, 6.07) is 8.51. The Bertz CT molecular complexity index is 849. The fourth-order valence-corrected chi connectivity index (χ4v) is 2.81. The van der Waals surface area contributed by atoms with Crippen LogP contribution in [0.4, 0.5) is 11.5 Å². The van der Waals surface area contributed by atoms with E-state index in [2.05, 4.69) is 4.98 Å². The number of carbonyl (C=O) groups is 1.